The molecule has 0 saturated carbocycles. The number of anilines is 4. The number of nitrogens with one attached hydrogen (secondary N) is 2. The molecule has 25 heavy (non-hydrogen) atoms. The van der Waals surface area contributed by atoms with Gasteiger partial charge in [-0.2, -0.15) is 4.98 Å². The van der Waals surface area contributed by atoms with Crippen molar-refractivity contribution < 1.29 is 4.74 Å². The van der Waals surface area contributed by atoms with Gasteiger partial charge in [-0.3, -0.25) is 0 Å². The van der Waals surface area contributed by atoms with Crippen LogP contribution in [0.1, 0.15) is 16.8 Å². The fourth-order valence-electron chi connectivity index (χ4n) is 2.46. The Morgan fingerprint density at radius 1 is 0.760 bits per heavy atom. The molecule has 0 unspecified atom stereocenters. The zero-order valence-corrected chi connectivity index (χ0v) is 14.9. The summed E-state index contributed by atoms with van der Waals surface area (Å²) in [7, 11) is 1.65. The fraction of sp³-hybridized carbons (Fsp3) is 0.200. The third-order valence-corrected chi connectivity index (χ3v) is 3.98. The molecule has 0 spiro atoms. The molecular formula is C20H22N4O. The summed E-state index contributed by atoms with van der Waals surface area (Å²) in [4.78, 5) is 9.02. The van der Waals surface area contributed by atoms with Crippen LogP contribution in [0.4, 0.5) is 23.1 Å². The molecule has 0 bridgehead atoms. The summed E-state index contributed by atoms with van der Waals surface area (Å²) in [6.45, 7) is 6.14. The van der Waals surface area contributed by atoms with E-state index in [0.29, 0.717) is 5.95 Å². The summed E-state index contributed by atoms with van der Waals surface area (Å²) in [5.41, 5.74) is 5.30. The Bertz CT molecular complexity index is 875. The number of methoxy groups -OCH3 is 1. The van der Waals surface area contributed by atoms with Gasteiger partial charge in [-0.15, -0.1) is 0 Å². The average molecular weight is 334 g/mol. The van der Waals surface area contributed by atoms with Crippen LogP contribution in [0.25, 0.3) is 0 Å². The lowest BCUT2D eigenvalue weighted by molar-refractivity contribution is 0.415. The third-order valence-electron chi connectivity index (χ3n) is 3.98. The van der Waals surface area contributed by atoms with Crippen molar-refractivity contribution in [3.05, 3.63) is 65.4 Å². The van der Waals surface area contributed by atoms with Crippen molar-refractivity contribution in [2.24, 2.45) is 0 Å². The SMILES string of the molecule is COc1ccc(Nc2cc(C)nc(Nc3ccc(C)c(C)c3)n2)cc1. The zero-order chi connectivity index (χ0) is 17.8. The number of ether oxygens (including phenoxy) is 1. The van der Waals surface area contributed by atoms with Crippen molar-refractivity contribution in [2.75, 3.05) is 17.7 Å². The highest BCUT2D eigenvalue weighted by Crippen LogP contribution is 2.22. The molecule has 5 heteroatoms. The number of benzene rings is 2. The van der Waals surface area contributed by atoms with Crippen molar-refractivity contribution >= 4 is 23.1 Å². The number of rotatable bonds is 5. The molecule has 128 valence electrons. The summed E-state index contributed by atoms with van der Waals surface area (Å²) in [6.07, 6.45) is 0. The summed E-state index contributed by atoms with van der Waals surface area (Å²) in [6, 6.07) is 15.8. The van der Waals surface area contributed by atoms with Crippen LogP contribution in [0, 0.1) is 20.8 Å². The van der Waals surface area contributed by atoms with Gasteiger partial charge in [-0.05, 0) is 68.3 Å². The average Bonchev–Trinajstić information content (AvgIpc) is 2.58. The van der Waals surface area contributed by atoms with E-state index in [4.69, 9.17) is 4.74 Å². The Balaban J connectivity index is 1.80. The van der Waals surface area contributed by atoms with E-state index in [2.05, 4.69) is 46.6 Å². The molecule has 0 atom stereocenters. The first-order valence-electron chi connectivity index (χ1n) is 8.14. The molecule has 0 aliphatic rings. The summed E-state index contributed by atoms with van der Waals surface area (Å²) in [5, 5.41) is 6.57. The van der Waals surface area contributed by atoms with Crippen molar-refractivity contribution in [1.82, 2.24) is 9.97 Å². The lowest BCUT2D eigenvalue weighted by Crippen LogP contribution is -2.02. The Labute approximate surface area is 148 Å². The van der Waals surface area contributed by atoms with Crippen molar-refractivity contribution in [2.45, 2.75) is 20.8 Å². The van der Waals surface area contributed by atoms with Crippen LogP contribution in [0.2, 0.25) is 0 Å². The predicted octanol–water partition coefficient (Wildman–Crippen LogP) is 4.90. The maximum atomic E-state index is 5.18. The van der Waals surface area contributed by atoms with E-state index in [0.717, 1.165) is 28.6 Å². The minimum atomic E-state index is 0.569. The van der Waals surface area contributed by atoms with E-state index in [1.807, 2.05) is 43.3 Å². The number of nitrogens with zero attached hydrogens (tertiary/aromatic N) is 2. The second kappa shape index (κ2) is 7.21. The van der Waals surface area contributed by atoms with Gasteiger partial charge in [-0.25, -0.2) is 4.98 Å². The maximum Gasteiger partial charge on any atom is 0.229 e. The van der Waals surface area contributed by atoms with Gasteiger partial charge < -0.3 is 15.4 Å². The largest absolute Gasteiger partial charge is 0.497 e. The van der Waals surface area contributed by atoms with Crippen LogP contribution in [0.3, 0.4) is 0 Å². The Morgan fingerprint density at radius 2 is 1.48 bits per heavy atom. The van der Waals surface area contributed by atoms with Gasteiger partial charge in [0.2, 0.25) is 5.95 Å². The first-order chi connectivity index (χ1) is 12.0. The molecule has 0 aliphatic carbocycles. The molecule has 3 aromatic rings. The predicted molar refractivity (Wildman–Crippen MR) is 102 cm³/mol. The first kappa shape index (κ1) is 16.8. The smallest absolute Gasteiger partial charge is 0.229 e. The van der Waals surface area contributed by atoms with Crippen molar-refractivity contribution in [3.63, 3.8) is 0 Å². The van der Waals surface area contributed by atoms with E-state index in [1.165, 1.54) is 11.1 Å². The van der Waals surface area contributed by atoms with Crippen LogP contribution in [0.15, 0.2) is 48.5 Å². The van der Waals surface area contributed by atoms with E-state index < -0.39 is 0 Å². The molecule has 2 aromatic carbocycles. The quantitative estimate of drug-likeness (QED) is 0.695. The van der Waals surface area contributed by atoms with Gasteiger partial charge in [-0.1, -0.05) is 6.07 Å². The number of hydrogen-bond donors (Lipinski definition) is 2. The number of aryl methyl sites for hydroxylation is 3. The molecule has 3 rings (SSSR count). The minimum Gasteiger partial charge on any atom is -0.497 e. The molecular weight excluding hydrogens is 312 g/mol. The molecule has 0 aliphatic heterocycles. The lowest BCUT2D eigenvalue weighted by atomic mass is 10.1. The van der Waals surface area contributed by atoms with Gasteiger partial charge in [0.05, 0.1) is 7.11 Å². The normalized spacial score (nSPS) is 10.4. The van der Waals surface area contributed by atoms with Gasteiger partial charge in [0.15, 0.2) is 0 Å². The Hall–Kier alpha value is -3.08. The molecule has 5 nitrogen and oxygen atoms in total. The standard InChI is InChI=1S/C20H22N4O/c1-13-5-6-17(11-14(13)2)23-20-21-15(3)12-19(24-20)22-16-7-9-18(25-4)10-8-16/h5-12H,1-4H3,(H2,21,22,23,24). The van der Waals surface area contributed by atoms with Crippen molar-refractivity contribution in [1.29, 1.82) is 0 Å². The van der Waals surface area contributed by atoms with Crippen LogP contribution in [-0.4, -0.2) is 17.1 Å². The second-order valence-electron chi connectivity index (χ2n) is 6.00. The molecule has 0 amide bonds. The van der Waals surface area contributed by atoms with Crippen LogP contribution < -0.4 is 15.4 Å². The summed E-state index contributed by atoms with van der Waals surface area (Å²) >= 11 is 0. The van der Waals surface area contributed by atoms with Gasteiger partial charge in [0, 0.05) is 23.1 Å². The second-order valence-corrected chi connectivity index (χ2v) is 6.00. The highest BCUT2D eigenvalue weighted by molar-refractivity contribution is 5.61. The van der Waals surface area contributed by atoms with E-state index in [-0.39, 0.29) is 0 Å². The molecule has 0 saturated heterocycles. The van der Waals surface area contributed by atoms with E-state index in [1.54, 1.807) is 7.11 Å². The molecule has 0 fully saturated rings. The zero-order valence-electron chi connectivity index (χ0n) is 14.9. The van der Waals surface area contributed by atoms with Gasteiger partial charge in [0.25, 0.3) is 0 Å². The van der Waals surface area contributed by atoms with E-state index >= 15 is 0 Å². The van der Waals surface area contributed by atoms with Crippen LogP contribution in [0.5, 0.6) is 5.75 Å². The van der Waals surface area contributed by atoms with Crippen molar-refractivity contribution in [3.8, 4) is 5.75 Å². The molecule has 1 heterocycles. The summed E-state index contributed by atoms with van der Waals surface area (Å²) in [5.74, 6) is 2.13. The fourth-order valence-corrected chi connectivity index (χ4v) is 2.46. The van der Waals surface area contributed by atoms with Gasteiger partial charge in [0.1, 0.15) is 11.6 Å². The highest BCUT2D eigenvalue weighted by atomic mass is 16.5. The molecule has 2 N–H and O–H groups in total. The number of aromatic nitrogens is 2. The summed E-state index contributed by atoms with van der Waals surface area (Å²) < 4.78 is 5.18. The monoisotopic (exact) mass is 334 g/mol. The Morgan fingerprint density at radius 3 is 2.16 bits per heavy atom. The molecule has 1 aromatic heterocycles. The lowest BCUT2D eigenvalue weighted by Gasteiger charge is -2.11. The topological polar surface area (TPSA) is 59.1 Å². The van der Waals surface area contributed by atoms with Crippen LogP contribution in [-0.2, 0) is 0 Å². The highest BCUT2D eigenvalue weighted by Gasteiger charge is 2.05. The number of hydrogen-bond acceptors (Lipinski definition) is 5. The third kappa shape index (κ3) is 4.26. The van der Waals surface area contributed by atoms with Gasteiger partial charge >= 0.3 is 0 Å². The first-order valence-corrected chi connectivity index (χ1v) is 8.14. The maximum absolute atomic E-state index is 5.18. The minimum absolute atomic E-state index is 0.569. The Kier molecular flexibility index (Phi) is 4.84. The van der Waals surface area contributed by atoms with Crippen LogP contribution >= 0.6 is 0 Å². The molecule has 0 radical (unpaired) electrons. The van der Waals surface area contributed by atoms with E-state index in [9.17, 15) is 0 Å².